The second-order valence-corrected chi connectivity index (χ2v) is 5.96. The first-order chi connectivity index (χ1) is 10.1. The topological polar surface area (TPSA) is 66.8 Å². The Morgan fingerprint density at radius 1 is 1.38 bits per heavy atom. The maximum Gasteiger partial charge on any atom is 0.308 e. The number of hydrogen-bond acceptors (Lipinski definition) is 3. The number of amides is 1. The summed E-state index contributed by atoms with van der Waals surface area (Å²) in [6.07, 6.45) is 2.21. The van der Waals surface area contributed by atoms with Gasteiger partial charge in [-0.15, -0.1) is 0 Å². The summed E-state index contributed by atoms with van der Waals surface area (Å²) in [5.74, 6) is -0.849. The van der Waals surface area contributed by atoms with Gasteiger partial charge in [0.15, 0.2) is 6.61 Å². The molecule has 5 nitrogen and oxygen atoms in total. The van der Waals surface area contributed by atoms with Crippen LogP contribution in [0.2, 0.25) is 5.02 Å². The van der Waals surface area contributed by atoms with Gasteiger partial charge in [0.25, 0.3) is 5.91 Å². The summed E-state index contributed by atoms with van der Waals surface area (Å²) in [6.45, 7) is -0.0836. The predicted octanol–water partition coefficient (Wildman–Crippen LogP) is 2.18. The van der Waals surface area contributed by atoms with E-state index in [4.69, 9.17) is 16.3 Å². The van der Waals surface area contributed by atoms with E-state index in [0.717, 1.165) is 12.8 Å². The van der Waals surface area contributed by atoms with Gasteiger partial charge in [0, 0.05) is 17.1 Å². The van der Waals surface area contributed by atoms with Gasteiger partial charge in [0.1, 0.15) is 5.75 Å². The third kappa shape index (κ3) is 2.70. The molecule has 1 amide bonds. The van der Waals surface area contributed by atoms with E-state index < -0.39 is 11.9 Å². The van der Waals surface area contributed by atoms with E-state index in [9.17, 15) is 14.7 Å². The number of rotatable bonds is 4. The molecule has 2 bridgehead atoms. The van der Waals surface area contributed by atoms with Crippen LogP contribution in [0.1, 0.15) is 19.3 Å². The van der Waals surface area contributed by atoms with Gasteiger partial charge in [0.2, 0.25) is 0 Å². The molecule has 2 heterocycles. The quantitative estimate of drug-likeness (QED) is 0.925. The highest BCUT2D eigenvalue weighted by Crippen LogP contribution is 2.41. The molecule has 0 saturated carbocycles. The lowest BCUT2D eigenvalue weighted by molar-refractivity contribution is -0.143. The maximum absolute atomic E-state index is 12.3. The second kappa shape index (κ2) is 5.56. The van der Waals surface area contributed by atoms with Crippen molar-refractivity contribution in [2.75, 3.05) is 6.61 Å². The molecule has 21 heavy (non-hydrogen) atoms. The lowest BCUT2D eigenvalue weighted by Crippen LogP contribution is -2.40. The smallest absolute Gasteiger partial charge is 0.308 e. The molecular weight excluding hydrogens is 294 g/mol. The summed E-state index contributed by atoms with van der Waals surface area (Å²) in [7, 11) is 0. The number of ether oxygens (including phenoxy) is 1. The number of carboxylic acid groups (broad SMARTS) is 1. The Balaban J connectivity index is 1.63. The monoisotopic (exact) mass is 309 g/mol. The molecular formula is C15H16ClNO4. The number of benzene rings is 1. The molecule has 2 aliphatic heterocycles. The fraction of sp³-hybridized carbons (Fsp3) is 0.467. The van der Waals surface area contributed by atoms with Crippen LogP contribution in [0.4, 0.5) is 0 Å². The minimum atomic E-state index is -0.809. The average Bonchev–Trinajstić information content (AvgIpc) is 3.02. The number of nitrogens with zero attached hydrogens (tertiary/aromatic N) is 1. The normalized spacial score (nSPS) is 26.9. The SMILES string of the molecule is O=C(O)C1CC2CCC1N2C(=O)COc1cccc(Cl)c1. The van der Waals surface area contributed by atoms with Crippen molar-refractivity contribution >= 4 is 23.5 Å². The van der Waals surface area contributed by atoms with Crippen molar-refractivity contribution in [3.05, 3.63) is 29.3 Å². The van der Waals surface area contributed by atoms with Gasteiger partial charge >= 0.3 is 5.97 Å². The lowest BCUT2D eigenvalue weighted by Gasteiger charge is -2.23. The Morgan fingerprint density at radius 2 is 2.19 bits per heavy atom. The predicted molar refractivity (Wildman–Crippen MR) is 76.3 cm³/mol. The molecule has 0 spiro atoms. The molecule has 3 atom stereocenters. The first kappa shape index (κ1) is 14.2. The fourth-order valence-corrected chi connectivity index (χ4v) is 3.60. The number of fused-ring (bicyclic) bond motifs is 2. The van der Waals surface area contributed by atoms with Crippen LogP contribution in [0.5, 0.6) is 5.75 Å². The van der Waals surface area contributed by atoms with Crippen molar-refractivity contribution < 1.29 is 19.4 Å². The van der Waals surface area contributed by atoms with Crippen molar-refractivity contribution in [2.45, 2.75) is 31.3 Å². The van der Waals surface area contributed by atoms with E-state index in [2.05, 4.69) is 0 Å². The van der Waals surface area contributed by atoms with Crippen LogP contribution in [-0.2, 0) is 9.59 Å². The van der Waals surface area contributed by atoms with Crippen LogP contribution in [0.3, 0.4) is 0 Å². The van der Waals surface area contributed by atoms with Gasteiger partial charge in [-0.25, -0.2) is 0 Å². The molecule has 3 unspecified atom stereocenters. The Kier molecular flexibility index (Phi) is 3.76. The minimum absolute atomic E-state index is 0.0477. The Morgan fingerprint density at radius 3 is 2.86 bits per heavy atom. The highest BCUT2D eigenvalue weighted by atomic mass is 35.5. The van der Waals surface area contributed by atoms with Crippen LogP contribution in [0.15, 0.2) is 24.3 Å². The Bertz CT molecular complexity index is 577. The van der Waals surface area contributed by atoms with Gasteiger partial charge < -0.3 is 14.7 Å². The van der Waals surface area contributed by atoms with Gasteiger partial charge in [-0.1, -0.05) is 17.7 Å². The molecule has 0 aliphatic carbocycles. The average molecular weight is 310 g/mol. The van der Waals surface area contributed by atoms with Crippen LogP contribution in [0, 0.1) is 5.92 Å². The van der Waals surface area contributed by atoms with Crippen LogP contribution < -0.4 is 4.74 Å². The number of carboxylic acids is 1. The molecule has 0 radical (unpaired) electrons. The third-order valence-corrected chi connectivity index (χ3v) is 4.54. The van der Waals surface area contributed by atoms with Crippen LogP contribution >= 0.6 is 11.6 Å². The Hall–Kier alpha value is -1.75. The highest BCUT2D eigenvalue weighted by molar-refractivity contribution is 6.30. The van der Waals surface area contributed by atoms with Crippen molar-refractivity contribution in [3.8, 4) is 5.75 Å². The molecule has 112 valence electrons. The first-order valence-electron chi connectivity index (χ1n) is 6.98. The molecule has 1 N–H and O–H groups in total. The van der Waals surface area contributed by atoms with E-state index in [-0.39, 0.29) is 24.6 Å². The molecule has 2 aliphatic rings. The summed E-state index contributed by atoms with van der Waals surface area (Å²) in [6, 6.07) is 6.73. The number of carbonyl (C=O) groups is 2. The highest BCUT2D eigenvalue weighted by Gasteiger charge is 2.51. The van der Waals surface area contributed by atoms with Gasteiger partial charge in [0.05, 0.1) is 5.92 Å². The maximum atomic E-state index is 12.3. The van der Waals surface area contributed by atoms with Crippen LogP contribution in [0.25, 0.3) is 0 Å². The van der Waals surface area contributed by atoms with E-state index >= 15 is 0 Å². The Labute approximate surface area is 127 Å². The van der Waals surface area contributed by atoms with E-state index in [0.29, 0.717) is 17.2 Å². The van der Waals surface area contributed by atoms with E-state index in [1.807, 2.05) is 0 Å². The summed E-state index contributed by atoms with van der Waals surface area (Å²) in [5, 5.41) is 9.74. The molecule has 3 rings (SSSR count). The number of halogens is 1. The van der Waals surface area contributed by atoms with E-state index in [1.165, 1.54) is 0 Å². The van der Waals surface area contributed by atoms with Gasteiger partial charge in [-0.05, 0) is 37.5 Å². The minimum Gasteiger partial charge on any atom is -0.484 e. The fourth-order valence-electron chi connectivity index (χ4n) is 3.42. The van der Waals surface area contributed by atoms with Crippen molar-refractivity contribution in [1.29, 1.82) is 0 Å². The molecule has 2 saturated heterocycles. The van der Waals surface area contributed by atoms with Gasteiger partial charge in [-0.3, -0.25) is 9.59 Å². The van der Waals surface area contributed by atoms with Crippen molar-refractivity contribution in [3.63, 3.8) is 0 Å². The van der Waals surface area contributed by atoms with Crippen LogP contribution in [-0.4, -0.2) is 40.6 Å². The van der Waals surface area contributed by atoms with Gasteiger partial charge in [-0.2, -0.15) is 0 Å². The number of aliphatic carboxylic acids is 1. The third-order valence-electron chi connectivity index (χ3n) is 4.30. The summed E-state index contributed by atoms with van der Waals surface area (Å²) in [5.41, 5.74) is 0. The lowest BCUT2D eigenvalue weighted by atomic mass is 9.89. The molecule has 1 aromatic rings. The van der Waals surface area contributed by atoms with E-state index in [1.54, 1.807) is 29.2 Å². The largest absolute Gasteiger partial charge is 0.484 e. The summed E-state index contributed by atoms with van der Waals surface area (Å²) >= 11 is 5.86. The standard InChI is InChI=1S/C15H16ClNO4/c16-9-2-1-3-11(6-9)21-8-14(18)17-10-4-5-13(17)12(7-10)15(19)20/h1-3,6,10,12-13H,4-5,7-8H2,(H,19,20). The molecule has 6 heteroatoms. The zero-order valence-corrected chi connectivity index (χ0v) is 12.1. The zero-order chi connectivity index (χ0) is 15.0. The zero-order valence-electron chi connectivity index (χ0n) is 11.4. The summed E-state index contributed by atoms with van der Waals surface area (Å²) in [4.78, 5) is 25.2. The summed E-state index contributed by atoms with van der Waals surface area (Å²) < 4.78 is 5.46. The second-order valence-electron chi connectivity index (χ2n) is 5.53. The van der Waals surface area contributed by atoms with Crippen molar-refractivity contribution in [1.82, 2.24) is 4.90 Å². The molecule has 0 aromatic heterocycles. The van der Waals surface area contributed by atoms with Crippen molar-refractivity contribution in [2.24, 2.45) is 5.92 Å². The number of hydrogen-bond donors (Lipinski definition) is 1. The molecule has 1 aromatic carbocycles. The molecule has 2 fully saturated rings. The first-order valence-corrected chi connectivity index (χ1v) is 7.36. The number of carbonyl (C=O) groups excluding carboxylic acids is 1.